The van der Waals surface area contributed by atoms with Crippen molar-refractivity contribution in [3.05, 3.63) is 66.0 Å². The molecule has 8 nitrogen and oxygen atoms in total. The van der Waals surface area contributed by atoms with Crippen molar-refractivity contribution in [3.8, 4) is 17.2 Å². The van der Waals surface area contributed by atoms with E-state index in [-0.39, 0.29) is 24.0 Å². The minimum absolute atomic E-state index is 0.0377. The summed E-state index contributed by atoms with van der Waals surface area (Å²) in [6.45, 7) is 0.0377. The Kier molecular flexibility index (Phi) is 6.92. The second-order valence-electron chi connectivity index (χ2n) is 7.93. The molecule has 0 bridgehead atoms. The lowest BCUT2D eigenvalue weighted by atomic mass is 10.1. The van der Waals surface area contributed by atoms with E-state index in [4.69, 9.17) is 14.2 Å². The number of nitrogens with one attached hydrogen (secondary N) is 1. The van der Waals surface area contributed by atoms with Gasteiger partial charge in [-0.25, -0.2) is 9.48 Å². The number of amides is 1. The third kappa shape index (κ3) is 5.16. The average Bonchev–Trinajstić information content (AvgIpc) is 3.55. The standard InChI is InChI=1S/C25H27N3O5/c1-31-22-12-20(21(13-23(22)32-2)27-24(29)18-8-6-7-9-18)25(30)33-16-17-14-26-28(15-17)19-10-4-3-5-11-19/h3-5,10-15,18H,6-9,16H2,1-2H3,(H,27,29). The summed E-state index contributed by atoms with van der Waals surface area (Å²) in [6.07, 6.45) is 7.23. The molecule has 1 aliphatic carbocycles. The molecule has 1 fully saturated rings. The highest BCUT2D eigenvalue weighted by molar-refractivity contribution is 6.02. The summed E-state index contributed by atoms with van der Waals surface area (Å²) in [5, 5.41) is 7.21. The fraction of sp³-hybridized carbons (Fsp3) is 0.320. The first kappa shape index (κ1) is 22.4. The van der Waals surface area contributed by atoms with Crippen LogP contribution in [0.25, 0.3) is 5.69 Å². The molecule has 2 aromatic carbocycles. The molecule has 1 aromatic heterocycles. The topological polar surface area (TPSA) is 91.7 Å². The number of hydrogen-bond acceptors (Lipinski definition) is 6. The molecule has 0 atom stereocenters. The summed E-state index contributed by atoms with van der Waals surface area (Å²) in [5.41, 5.74) is 2.19. The van der Waals surface area contributed by atoms with Gasteiger partial charge in [0.25, 0.3) is 0 Å². The van der Waals surface area contributed by atoms with Gasteiger partial charge in [0.15, 0.2) is 11.5 Å². The van der Waals surface area contributed by atoms with Crippen LogP contribution in [0.2, 0.25) is 0 Å². The Bertz CT molecular complexity index is 1120. The monoisotopic (exact) mass is 449 g/mol. The van der Waals surface area contributed by atoms with Gasteiger partial charge >= 0.3 is 5.97 Å². The van der Waals surface area contributed by atoms with E-state index in [1.165, 1.54) is 20.3 Å². The first-order valence-electron chi connectivity index (χ1n) is 10.9. The van der Waals surface area contributed by atoms with Gasteiger partial charge in [-0.3, -0.25) is 4.79 Å². The minimum Gasteiger partial charge on any atom is -0.493 e. The lowest BCUT2D eigenvalue weighted by Crippen LogP contribution is -2.22. The van der Waals surface area contributed by atoms with E-state index in [9.17, 15) is 9.59 Å². The van der Waals surface area contributed by atoms with Crippen molar-refractivity contribution >= 4 is 17.6 Å². The van der Waals surface area contributed by atoms with Crippen LogP contribution in [-0.2, 0) is 16.1 Å². The molecule has 8 heteroatoms. The fourth-order valence-electron chi connectivity index (χ4n) is 3.96. The van der Waals surface area contributed by atoms with Gasteiger partial charge in [0.1, 0.15) is 6.61 Å². The number of rotatable bonds is 8. The number of hydrogen-bond donors (Lipinski definition) is 1. The Balaban J connectivity index is 1.51. The van der Waals surface area contributed by atoms with E-state index in [1.807, 2.05) is 30.3 Å². The van der Waals surface area contributed by atoms with Gasteiger partial charge in [0.2, 0.25) is 5.91 Å². The second-order valence-corrected chi connectivity index (χ2v) is 7.93. The molecule has 1 N–H and O–H groups in total. The molecule has 33 heavy (non-hydrogen) atoms. The zero-order chi connectivity index (χ0) is 23.2. The molecule has 0 radical (unpaired) electrons. The molecule has 172 valence electrons. The number of methoxy groups -OCH3 is 2. The summed E-state index contributed by atoms with van der Waals surface area (Å²) in [5.74, 6) is 0.0638. The molecule has 0 aliphatic heterocycles. The summed E-state index contributed by atoms with van der Waals surface area (Å²) >= 11 is 0. The van der Waals surface area contributed by atoms with Crippen molar-refractivity contribution in [1.29, 1.82) is 0 Å². The van der Waals surface area contributed by atoms with Gasteiger partial charge < -0.3 is 19.5 Å². The summed E-state index contributed by atoms with van der Waals surface area (Å²) < 4.78 is 18.0. The fourth-order valence-corrected chi connectivity index (χ4v) is 3.96. The first-order valence-corrected chi connectivity index (χ1v) is 10.9. The van der Waals surface area contributed by atoms with Crippen LogP contribution in [0.5, 0.6) is 11.5 Å². The molecule has 1 saturated carbocycles. The van der Waals surface area contributed by atoms with Crippen LogP contribution in [0, 0.1) is 5.92 Å². The number of ether oxygens (including phenoxy) is 3. The van der Waals surface area contributed by atoms with Crippen molar-refractivity contribution < 1.29 is 23.8 Å². The maximum absolute atomic E-state index is 13.0. The largest absolute Gasteiger partial charge is 0.493 e. The van der Waals surface area contributed by atoms with Crippen molar-refractivity contribution in [2.75, 3.05) is 19.5 Å². The van der Waals surface area contributed by atoms with E-state index in [0.717, 1.165) is 36.9 Å². The highest BCUT2D eigenvalue weighted by Crippen LogP contribution is 2.35. The Morgan fingerprint density at radius 2 is 1.76 bits per heavy atom. The summed E-state index contributed by atoms with van der Waals surface area (Å²) in [6, 6.07) is 12.8. The van der Waals surface area contributed by atoms with Gasteiger partial charge in [-0.15, -0.1) is 0 Å². The second kappa shape index (κ2) is 10.2. The first-order chi connectivity index (χ1) is 16.1. The van der Waals surface area contributed by atoms with Gasteiger partial charge in [-0.2, -0.15) is 5.10 Å². The van der Waals surface area contributed by atoms with Crippen LogP contribution in [0.15, 0.2) is 54.9 Å². The SMILES string of the molecule is COc1cc(NC(=O)C2CCCC2)c(C(=O)OCc2cnn(-c3ccccc3)c2)cc1OC. The molecule has 0 spiro atoms. The number of benzene rings is 2. The van der Waals surface area contributed by atoms with E-state index < -0.39 is 5.97 Å². The number of carbonyl (C=O) groups is 2. The Morgan fingerprint density at radius 3 is 2.45 bits per heavy atom. The van der Waals surface area contributed by atoms with Gasteiger partial charge in [0.05, 0.1) is 37.4 Å². The number of esters is 1. The molecule has 3 aromatic rings. The smallest absolute Gasteiger partial charge is 0.340 e. The van der Waals surface area contributed by atoms with Crippen molar-refractivity contribution in [2.45, 2.75) is 32.3 Å². The van der Waals surface area contributed by atoms with Crippen molar-refractivity contribution in [3.63, 3.8) is 0 Å². The average molecular weight is 450 g/mol. The zero-order valence-electron chi connectivity index (χ0n) is 18.7. The molecular weight excluding hydrogens is 422 g/mol. The number of anilines is 1. The molecule has 1 heterocycles. The van der Waals surface area contributed by atoms with Gasteiger partial charge in [-0.1, -0.05) is 31.0 Å². The van der Waals surface area contributed by atoms with Crippen molar-refractivity contribution in [2.24, 2.45) is 5.92 Å². The predicted octanol–water partition coefficient (Wildman–Crippen LogP) is 4.38. The lowest BCUT2D eigenvalue weighted by Gasteiger charge is -2.17. The normalized spacial score (nSPS) is 13.5. The Hall–Kier alpha value is -3.81. The number of nitrogens with zero attached hydrogens (tertiary/aromatic N) is 2. The third-order valence-corrected chi connectivity index (χ3v) is 5.75. The molecule has 1 amide bonds. The van der Waals surface area contributed by atoms with Gasteiger partial charge in [-0.05, 0) is 25.0 Å². The molecule has 1 aliphatic rings. The van der Waals surface area contributed by atoms with Gasteiger partial charge in [0, 0.05) is 29.8 Å². The quantitative estimate of drug-likeness (QED) is 0.514. The Labute approximate surface area is 192 Å². The van der Waals surface area contributed by atoms with Crippen LogP contribution in [0.3, 0.4) is 0 Å². The third-order valence-electron chi connectivity index (χ3n) is 5.75. The van der Waals surface area contributed by atoms with Crippen LogP contribution in [0.4, 0.5) is 5.69 Å². The van der Waals surface area contributed by atoms with Crippen LogP contribution >= 0.6 is 0 Å². The van der Waals surface area contributed by atoms with Crippen LogP contribution in [0.1, 0.15) is 41.6 Å². The van der Waals surface area contributed by atoms with E-state index >= 15 is 0 Å². The molecule has 0 saturated heterocycles. The van der Waals surface area contributed by atoms with Crippen LogP contribution in [-0.4, -0.2) is 35.9 Å². The molecule has 4 rings (SSSR count). The van der Waals surface area contributed by atoms with Crippen LogP contribution < -0.4 is 14.8 Å². The number of carbonyl (C=O) groups excluding carboxylic acids is 2. The predicted molar refractivity (Wildman–Crippen MR) is 123 cm³/mol. The number of para-hydroxylation sites is 1. The molecule has 0 unspecified atom stereocenters. The highest BCUT2D eigenvalue weighted by Gasteiger charge is 2.26. The van der Waals surface area contributed by atoms with E-state index in [0.29, 0.717) is 17.2 Å². The maximum atomic E-state index is 13.0. The summed E-state index contributed by atoms with van der Waals surface area (Å²) in [7, 11) is 2.99. The highest BCUT2D eigenvalue weighted by atomic mass is 16.5. The lowest BCUT2D eigenvalue weighted by molar-refractivity contribution is -0.119. The number of aromatic nitrogens is 2. The maximum Gasteiger partial charge on any atom is 0.340 e. The van der Waals surface area contributed by atoms with E-state index in [1.54, 1.807) is 23.1 Å². The zero-order valence-corrected chi connectivity index (χ0v) is 18.7. The minimum atomic E-state index is -0.579. The molecular formula is C25H27N3O5. The Morgan fingerprint density at radius 1 is 1.06 bits per heavy atom. The van der Waals surface area contributed by atoms with E-state index in [2.05, 4.69) is 10.4 Å². The summed E-state index contributed by atoms with van der Waals surface area (Å²) in [4.78, 5) is 25.7. The van der Waals surface area contributed by atoms with Crippen molar-refractivity contribution in [1.82, 2.24) is 9.78 Å².